The number of hydrogen-bond donors (Lipinski definition) is 1. The molecule has 1 heterocycles. The van der Waals surface area contributed by atoms with E-state index in [2.05, 4.69) is 23.2 Å². The molecule has 0 radical (unpaired) electrons. The van der Waals surface area contributed by atoms with Gasteiger partial charge in [-0.1, -0.05) is 19.1 Å². The topological polar surface area (TPSA) is 69.7 Å². The lowest BCUT2D eigenvalue weighted by molar-refractivity contribution is -0.120. The Morgan fingerprint density at radius 2 is 1.81 bits per heavy atom. The summed E-state index contributed by atoms with van der Waals surface area (Å²) in [6.45, 7) is 5.59. The van der Waals surface area contributed by atoms with E-state index in [1.54, 1.807) is 28.6 Å². The van der Waals surface area contributed by atoms with Crippen LogP contribution in [0.25, 0.3) is 0 Å². The van der Waals surface area contributed by atoms with Crippen LogP contribution in [0.1, 0.15) is 26.2 Å². The molecule has 0 aromatic heterocycles. The Morgan fingerprint density at radius 3 is 2.38 bits per heavy atom. The van der Waals surface area contributed by atoms with E-state index in [0.717, 1.165) is 38.9 Å². The molecule has 6 nitrogen and oxygen atoms in total. The first-order valence-corrected chi connectivity index (χ1v) is 10.7. The molecule has 0 bridgehead atoms. The molecule has 142 valence electrons. The molecule has 0 spiro atoms. The molecule has 1 N–H and O–H groups in total. The fraction of sp³-hybridized carbons (Fsp3) is 0.526. The lowest BCUT2D eigenvalue weighted by Gasteiger charge is -2.33. The quantitative estimate of drug-likeness (QED) is 0.800. The van der Waals surface area contributed by atoms with Crippen LogP contribution in [0.4, 0.5) is 5.69 Å². The van der Waals surface area contributed by atoms with Gasteiger partial charge in [-0.2, -0.15) is 4.31 Å². The molecule has 2 aliphatic rings. The molecule has 1 fully saturated rings. The van der Waals surface area contributed by atoms with Crippen molar-refractivity contribution in [3.8, 4) is 0 Å². The molecule has 1 aliphatic heterocycles. The molecule has 1 amide bonds. The molecule has 1 aromatic carbocycles. The number of allylic oxidation sites excluding steroid dienone is 2. The van der Waals surface area contributed by atoms with Gasteiger partial charge in [0.1, 0.15) is 0 Å². The number of carbonyl (C=O) groups excluding carboxylic acids is 1. The van der Waals surface area contributed by atoms with E-state index in [0.29, 0.717) is 18.8 Å². The van der Waals surface area contributed by atoms with Crippen LogP contribution >= 0.6 is 0 Å². The third-order valence-corrected chi connectivity index (χ3v) is 7.09. The van der Waals surface area contributed by atoms with Gasteiger partial charge in [0, 0.05) is 37.8 Å². The minimum absolute atomic E-state index is 0.000597. The molecule has 1 aromatic rings. The molecular weight excluding hydrogens is 350 g/mol. The number of carbonyl (C=O) groups is 1. The summed E-state index contributed by atoms with van der Waals surface area (Å²) in [5, 5.41) is 2.90. The maximum absolute atomic E-state index is 12.8. The van der Waals surface area contributed by atoms with Crippen molar-refractivity contribution < 1.29 is 13.2 Å². The van der Waals surface area contributed by atoms with E-state index >= 15 is 0 Å². The summed E-state index contributed by atoms with van der Waals surface area (Å²) in [5.74, 6) is -0.00100. The van der Waals surface area contributed by atoms with E-state index in [1.165, 1.54) is 0 Å². The number of amides is 1. The number of sulfonamides is 1. The van der Waals surface area contributed by atoms with Gasteiger partial charge >= 0.3 is 0 Å². The Balaban J connectivity index is 1.63. The van der Waals surface area contributed by atoms with E-state index in [9.17, 15) is 13.2 Å². The van der Waals surface area contributed by atoms with Crippen LogP contribution in [-0.4, -0.2) is 56.3 Å². The number of anilines is 1. The summed E-state index contributed by atoms with van der Waals surface area (Å²) < 4.78 is 27.1. The molecule has 0 saturated carbocycles. The first-order valence-electron chi connectivity index (χ1n) is 9.29. The first kappa shape index (κ1) is 19.1. The van der Waals surface area contributed by atoms with Crippen molar-refractivity contribution >= 4 is 21.6 Å². The summed E-state index contributed by atoms with van der Waals surface area (Å²) in [6, 6.07) is 6.51. The zero-order chi connectivity index (χ0) is 18.6. The predicted molar refractivity (Wildman–Crippen MR) is 102 cm³/mol. The third-order valence-electron chi connectivity index (χ3n) is 5.18. The van der Waals surface area contributed by atoms with Gasteiger partial charge in [-0.25, -0.2) is 8.42 Å². The molecule has 0 unspecified atom stereocenters. The Bertz CT molecular complexity index is 751. The minimum atomic E-state index is -3.47. The van der Waals surface area contributed by atoms with Gasteiger partial charge < -0.3 is 10.2 Å². The van der Waals surface area contributed by atoms with Gasteiger partial charge in [0.05, 0.1) is 4.90 Å². The number of rotatable bonds is 5. The average Bonchev–Trinajstić information content (AvgIpc) is 2.69. The summed E-state index contributed by atoms with van der Waals surface area (Å²) in [7, 11) is -3.47. The highest BCUT2D eigenvalue weighted by atomic mass is 32.2. The number of hydrogen-bond acceptors (Lipinski definition) is 4. The molecule has 1 saturated heterocycles. The SMILES string of the molecule is CCN1CCN(S(=O)(=O)c2ccc(NC(=O)[C@H]3CC=CCC3)cc2)CC1. The van der Waals surface area contributed by atoms with Crippen molar-refractivity contribution in [1.29, 1.82) is 0 Å². The van der Waals surface area contributed by atoms with E-state index in [4.69, 9.17) is 0 Å². The fourth-order valence-electron chi connectivity index (χ4n) is 3.42. The molecule has 3 rings (SSSR count). The van der Waals surface area contributed by atoms with Crippen molar-refractivity contribution in [2.45, 2.75) is 31.1 Å². The van der Waals surface area contributed by atoms with Crippen LogP contribution in [0.5, 0.6) is 0 Å². The van der Waals surface area contributed by atoms with Crippen LogP contribution in [-0.2, 0) is 14.8 Å². The summed E-state index contributed by atoms with van der Waals surface area (Å²) >= 11 is 0. The average molecular weight is 378 g/mol. The zero-order valence-corrected chi connectivity index (χ0v) is 16.0. The standard InChI is InChI=1S/C19H27N3O3S/c1-2-21-12-14-22(15-13-21)26(24,25)18-10-8-17(9-11-18)20-19(23)16-6-4-3-5-7-16/h3-4,8-11,16H,2,5-7,12-15H2,1H3,(H,20,23)/t16-/m0/s1. The number of piperazine rings is 1. The monoisotopic (exact) mass is 377 g/mol. The molecular formula is C19H27N3O3S. The largest absolute Gasteiger partial charge is 0.326 e. The number of nitrogens with zero attached hydrogens (tertiary/aromatic N) is 2. The van der Waals surface area contributed by atoms with Gasteiger partial charge in [0.25, 0.3) is 0 Å². The second-order valence-electron chi connectivity index (χ2n) is 6.83. The normalized spacial score (nSPS) is 22.3. The molecule has 1 atom stereocenters. The van der Waals surface area contributed by atoms with E-state index in [-0.39, 0.29) is 16.7 Å². The number of benzene rings is 1. The number of nitrogens with one attached hydrogen (secondary N) is 1. The zero-order valence-electron chi connectivity index (χ0n) is 15.2. The lowest BCUT2D eigenvalue weighted by atomic mass is 9.93. The van der Waals surface area contributed by atoms with Crippen LogP contribution in [0.3, 0.4) is 0 Å². The first-order chi connectivity index (χ1) is 12.5. The molecule has 26 heavy (non-hydrogen) atoms. The summed E-state index contributed by atoms with van der Waals surface area (Å²) in [6.07, 6.45) is 6.70. The van der Waals surface area contributed by atoms with Gasteiger partial charge in [0.2, 0.25) is 15.9 Å². The Morgan fingerprint density at radius 1 is 1.12 bits per heavy atom. The highest BCUT2D eigenvalue weighted by molar-refractivity contribution is 7.89. The van der Waals surface area contributed by atoms with Crippen molar-refractivity contribution in [3.05, 3.63) is 36.4 Å². The molecule has 1 aliphatic carbocycles. The van der Waals surface area contributed by atoms with Crippen molar-refractivity contribution in [3.63, 3.8) is 0 Å². The van der Waals surface area contributed by atoms with Crippen LogP contribution in [0, 0.1) is 5.92 Å². The highest BCUT2D eigenvalue weighted by Gasteiger charge is 2.28. The second kappa shape index (κ2) is 8.33. The Kier molecular flexibility index (Phi) is 6.11. The van der Waals surface area contributed by atoms with E-state index in [1.807, 2.05) is 6.08 Å². The highest BCUT2D eigenvalue weighted by Crippen LogP contribution is 2.22. The Labute approximate surface area is 155 Å². The Hall–Kier alpha value is -1.70. The second-order valence-corrected chi connectivity index (χ2v) is 8.77. The van der Waals surface area contributed by atoms with Crippen LogP contribution in [0.15, 0.2) is 41.3 Å². The predicted octanol–water partition coefficient (Wildman–Crippen LogP) is 2.31. The minimum Gasteiger partial charge on any atom is -0.326 e. The van der Waals surface area contributed by atoms with Crippen LogP contribution < -0.4 is 5.32 Å². The summed E-state index contributed by atoms with van der Waals surface area (Å²) in [4.78, 5) is 14.8. The molecule has 7 heteroatoms. The van der Waals surface area contributed by atoms with Crippen molar-refractivity contribution in [2.24, 2.45) is 5.92 Å². The lowest BCUT2D eigenvalue weighted by Crippen LogP contribution is -2.48. The van der Waals surface area contributed by atoms with Gasteiger partial charge in [-0.3, -0.25) is 4.79 Å². The van der Waals surface area contributed by atoms with Gasteiger partial charge in [-0.05, 0) is 50.1 Å². The maximum atomic E-state index is 12.8. The third kappa shape index (κ3) is 4.34. The van der Waals surface area contributed by atoms with Gasteiger partial charge in [-0.15, -0.1) is 0 Å². The smallest absolute Gasteiger partial charge is 0.243 e. The van der Waals surface area contributed by atoms with Crippen LogP contribution in [0.2, 0.25) is 0 Å². The fourth-order valence-corrected chi connectivity index (χ4v) is 4.84. The van der Waals surface area contributed by atoms with Crippen molar-refractivity contribution in [2.75, 3.05) is 38.0 Å². The van der Waals surface area contributed by atoms with E-state index < -0.39 is 10.0 Å². The van der Waals surface area contributed by atoms with Crippen molar-refractivity contribution in [1.82, 2.24) is 9.21 Å². The maximum Gasteiger partial charge on any atom is 0.243 e. The van der Waals surface area contributed by atoms with Gasteiger partial charge in [0.15, 0.2) is 0 Å². The number of likely N-dealkylation sites (N-methyl/N-ethyl adjacent to an activating group) is 1. The summed E-state index contributed by atoms with van der Waals surface area (Å²) in [5.41, 5.74) is 0.638.